The van der Waals surface area contributed by atoms with Crippen LogP contribution >= 0.6 is 0 Å². The first-order valence-electron chi connectivity index (χ1n) is 10.3. The van der Waals surface area contributed by atoms with Crippen LogP contribution in [0.15, 0.2) is 24.3 Å². The van der Waals surface area contributed by atoms with Crippen molar-refractivity contribution in [1.82, 2.24) is 20.4 Å². The lowest BCUT2D eigenvalue weighted by Gasteiger charge is -2.39. The van der Waals surface area contributed by atoms with Crippen LogP contribution < -0.4 is 10.6 Å². The fraction of sp³-hybridized carbons (Fsp3) is 0.591. The van der Waals surface area contributed by atoms with Crippen molar-refractivity contribution in [2.75, 3.05) is 19.6 Å². The van der Waals surface area contributed by atoms with E-state index >= 15 is 0 Å². The molecule has 0 radical (unpaired) electrons. The average Bonchev–Trinajstić information content (AvgIpc) is 3.09. The van der Waals surface area contributed by atoms with Crippen molar-refractivity contribution in [3.05, 3.63) is 52.3 Å². The predicted octanol–water partition coefficient (Wildman–Crippen LogP) is 2.39. The van der Waals surface area contributed by atoms with Gasteiger partial charge in [0.25, 0.3) is 0 Å². The number of benzene rings is 1. The maximum atomic E-state index is 11.3. The minimum Gasteiger partial charge on any atom is -0.390 e. The van der Waals surface area contributed by atoms with E-state index in [1.807, 2.05) is 0 Å². The van der Waals surface area contributed by atoms with Gasteiger partial charge in [-0.2, -0.15) is 5.10 Å². The van der Waals surface area contributed by atoms with Crippen molar-refractivity contribution in [3.8, 4) is 0 Å². The maximum Gasteiger partial charge on any atom is 0.0832 e. The maximum absolute atomic E-state index is 11.3. The van der Waals surface area contributed by atoms with Crippen LogP contribution in [0.3, 0.4) is 0 Å². The highest BCUT2D eigenvalue weighted by Gasteiger charge is 2.51. The number of aryl methyl sites for hydroxylation is 2. The van der Waals surface area contributed by atoms with E-state index in [1.54, 1.807) is 0 Å². The number of aliphatic hydroxyl groups is 1. The molecule has 2 aromatic rings. The zero-order chi connectivity index (χ0) is 19.0. The molecule has 0 saturated carbocycles. The average molecular weight is 369 g/mol. The molecule has 2 aliphatic rings. The molecule has 1 fully saturated rings. The van der Waals surface area contributed by atoms with Gasteiger partial charge in [-0.1, -0.05) is 24.3 Å². The molecule has 1 spiro atoms. The van der Waals surface area contributed by atoms with Crippen LogP contribution in [-0.2, 0) is 18.4 Å². The van der Waals surface area contributed by atoms with E-state index in [0.717, 1.165) is 51.1 Å². The van der Waals surface area contributed by atoms with Crippen molar-refractivity contribution in [2.45, 2.75) is 64.1 Å². The quantitative estimate of drug-likeness (QED) is 0.758. The SMILES string of the molecule is CCn1nc(C)c(CCN[C@@H]2c3ccccc3C3(CCNCC3)[C@H]2O)c1C. The number of hydrogen-bond acceptors (Lipinski definition) is 4. The molecule has 4 rings (SSSR count). The van der Waals surface area contributed by atoms with Gasteiger partial charge in [-0.05, 0) is 76.4 Å². The number of rotatable bonds is 5. The number of aliphatic hydroxyl groups excluding tert-OH is 1. The molecule has 1 saturated heterocycles. The zero-order valence-electron chi connectivity index (χ0n) is 16.8. The molecule has 1 aromatic heterocycles. The van der Waals surface area contributed by atoms with E-state index in [4.69, 9.17) is 0 Å². The van der Waals surface area contributed by atoms with Crippen molar-refractivity contribution in [3.63, 3.8) is 0 Å². The second-order valence-electron chi connectivity index (χ2n) is 8.09. The first-order chi connectivity index (χ1) is 13.1. The van der Waals surface area contributed by atoms with Crippen molar-refractivity contribution >= 4 is 0 Å². The summed E-state index contributed by atoms with van der Waals surface area (Å²) in [5.74, 6) is 0. The third kappa shape index (κ3) is 3.02. The van der Waals surface area contributed by atoms with Crippen LogP contribution in [0.4, 0.5) is 0 Å². The van der Waals surface area contributed by atoms with Crippen molar-refractivity contribution in [2.24, 2.45) is 0 Å². The number of aromatic nitrogens is 2. The molecule has 1 aliphatic heterocycles. The van der Waals surface area contributed by atoms with Gasteiger partial charge in [0.15, 0.2) is 0 Å². The molecule has 3 N–H and O–H groups in total. The molecule has 5 heteroatoms. The van der Waals surface area contributed by atoms with Gasteiger partial charge in [-0.3, -0.25) is 4.68 Å². The Bertz CT molecular complexity index is 807. The summed E-state index contributed by atoms with van der Waals surface area (Å²) in [6.07, 6.45) is 2.59. The molecule has 0 bridgehead atoms. The molecular weight excluding hydrogens is 336 g/mol. The molecule has 1 aromatic carbocycles. The lowest BCUT2D eigenvalue weighted by Crippen LogP contribution is -2.48. The van der Waals surface area contributed by atoms with Gasteiger partial charge in [0.05, 0.1) is 17.8 Å². The summed E-state index contributed by atoms with van der Waals surface area (Å²) in [6, 6.07) is 8.65. The van der Waals surface area contributed by atoms with Gasteiger partial charge < -0.3 is 15.7 Å². The predicted molar refractivity (Wildman–Crippen MR) is 108 cm³/mol. The van der Waals surface area contributed by atoms with E-state index in [-0.39, 0.29) is 17.6 Å². The van der Waals surface area contributed by atoms with Gasteiger partial charge in [0.1, 0.15) is 0 Å². The fourth-order valence-electron chi connectivity index (χ4n) is 5.29. The number of fused-ring (bicyclic) bond motifs is 2. The second kappa shape index (κ2) is 7.38. The number of nitrogens with zero attached hydrogens (tertiary/aromatic N) is 2. The minimum absolute atomic E-state index is 0.0149. The summed E-state index contributed by atoms with van der Waals surface area (Å²) in [7, 11) is 0. The van der Waals surface area contributed by atoms with Crippen LogP contribution in [-0.4, -0.2) is 40.6 Å². The molecule has 146 valence electrons. The summed E-state index contributed by atoms with van der Waals surface area (Å²) in [6.45, 7) is 10.1. The smallest absolute Gasteiger partial charge is 0.0832 e. The Morgan fingerprint density at radius 2 is 2.00 bits per heavy atom. The van der Waals surface area contributed by atoms with E-state index in [0.29, 0.717) is 0 Å². The Balaban J connectivity index is 1.52. The van der Waals surface area contributed by atoms with Crippen LogP contribution in [0, 0.1) is 13.8 Å². The fourth-order valence-corrected chi connectivity index (χ4v) is 5.29. The topological polar surface area (TPSA) is 62.1 Å². The van der Waals surface area contributed by atoms with Gasteiger partial charge in [-0.15, -0.1) is 0 Å². The Morgan fingerprint density at radius 1 is 1.26 bits per heavy atom. The first kappa shape index (κ1) is 18.7. The molecule has 2 heterocycles. The normalized spacial score (nSPS) is 23.7. The van der Waals surface area contributed by atoms with E-state index in [1.165, 1.54) is 22.4 Å². The Labute approximate surface area is 162 Å². The van der Waals surface area contributed by atoms with Crippen molar-refractivity contribution < 1.29 is 5.11 Å². The first-order valence-corrected chi connectivity index (χ1v) is 10.3. The Hall–Kier alpha value is -1.69. The summed E-state index contributed by atoms with van der Waals surface area (Å²) < 4.78 is 2.08. The third-order valence-electron chi connectivity index (χ3n) is 6.78. The van der Waals surface area contributed by atoms with Crippen LogP contribution in [0.2, 0.25) is 0 Å². The van der Waals surface area contributed by atoms with Crippen molar-refractivity contribution in [1.29, 1.82) is 0 Å². The Kier molecular flexibility index (Phi) is 5.10. The molecule has 5 nitrogen and oxygen atoms in total. The zero-order valence-corrected chi connectivity index (χ0v) is 16.8. The molecule has 0 unspecified atom stereocenters. The summed E-state index contributed by atoms with van der Waals surface area (Å²) in [5, 5.41) is 23.1. The molecular formula is C22H32N4O. The van der Waals surface area contributed by atoms with Gasteiger partial charge in [0, 0.05) is 17.7 Å². The summed E-state index contributed by atoms with van der Waals surface area (Å²) in [4.78, 5) is 0. The molecule has 27 heavy (non-hydrogen) atoms. The summed E-state index contributed by atoms with van der Waals surface area (Å²) >= 11 is 0. The largest absolute Gasteiger partial charge is 0.390 e. The standard InChI is InChI=1S/C22H32N4O/c1-4-26-16(3)17(15(2)25-26)9-12-24-20-18-7-5-6-8-19(18)22(21(20)27)10-13-23-14-11-22/h5-8,20-21,23-24,27H,4,9-14H2,1-3H3/t20-,21+/m1/s1. The lowest BCUT2D eigenvalue weighted by atomic mass is 9.72. The van der Waals surface area contributed by atoms with Crippen LogP contribution in [0.25, 0.3) is 0 Å². The van der Waals surface area contributed by atoms with E-state index in [9.17, 15) is 5.11 Å². The molecule has 0 amide bonds. The monoisotopic (exact) mass is 368 g/mol. The Morgan fingerprint density at radius 3 is 2.70 bits per heavy atom. The minimum atomic E-state index is -0.363. The third-order valence-corrected chi connectivity index (χ3v) is 6.78. The number of nitrogens with one attached hydrogen (secondary N) is 2. The highest BCUT2D eigenvalue weighted by atomic mass is 16.3. The molecule has 2 atom stereocenters. The molecule has 1 aliphatic carbocycles. The van der Waals surface area contributed by atoms with Gasteiger partial charge in [0.2, 0.25) is 0 Å². The number of piperidine rings is 1. The van der Waals surface area contributed by atoms with E-state index in [2.05, 4.69) is 65.5 Å². The lowest BCUT2D eigenvalue weighted by molar-refractivity contribution is 0.0445. The van der Waals surface area contributed by atoms with Gasteiger partial charge in [-0.25, -0.2) is 0 Å². The van der Waals surface area contributed by atoms with Crippen LogP contribution in [0.1, 0.15) is 53.9 Å². The summed E-state index contributed by atoms with van der Waals surface area (Å²) in [5.41, 5.74) is 6.25. The highest BCUT2D eigenvalue weighted by molar-refractivity contribution is 5.45. The van der Waals surface area contributed by atoms with E-state index < -0.39 is 0 Å². The van der Waals surface area contributed by atoms with Gasteiger partial charge >= 0.3 is 0 Å². The van der Waals surface area contributed by atoms with Crippen LogP contribution in [0.5, 0.6) is 0 Å². The second-order valence-corrected chi connectivity index (χ2v) is 8.09. The number of hydrogen-bond donors (Lipinski definition) is 3. The highest BCUT2D eigenvalue weighted by Crippen LogP contribution is 2.49.